The summed E-state index contributed by atoms with van der Waals surface area (Å²) in [6.07, 6.45) is 0. The topological polar surface area (TPSA) is 80.7 Å². The summed E-state index contributed by atoms with van der Waals surface area (Å²) in [6, 6.07) is 6.67. The van der Waals surface area contributed by atoms with Crippen LogP contribution in [0.5, 0.6) is 5.75 Å². The second-order valence-corrected chi connectivity index (χ2v) is 4.42. The average Bonchev–Trinajstić information content (AvgIpc) is 2.05. The Morgan fingerprint density at radius 1 is 1.40 bits per heavy atom. The minimum atomic E-state index is -4.33. The zero-order valence-corrected chi connectivity index (χ0v) is 8.82. The van der Waals surface area contributed by atoms with Gasteiger partial charge in [0.25, 0.3) is 10.1 Å². The molecule has 0 aliphatic rings. The van der Waals surface area contributed by atoms with Crippen LogP contribution in [-0.2, 0) is 14.9 Å². The van der Waals surface area contributed by atoms with Crippen LogP contribution in [0.4, 0.5) is 0 Å². The monoisotopic (exact) mass is 230 g/mol. The molecule has 1 aromatic carbocycles. The van der Waals surface area contributed by atoms with Crippen LogP contribution < -0.4 is 4.74 Å². The largest absolute Gasteiger partial charge is 0.425 e. The van der Waals surface area contributed by atoms with E-state index in [0.717, 1.165) is 0 Å². The fourth-order valence-corrected chi connectivity index (χ4v) is 1.33. The summed E-state index contributed by atoms with van der Waals surface area (Å²) in [5, 5.41) is 0. The third-order valence-electron chi connectivity index (χ3n) is 1.62. The second kappa shape index (κ2) is 4.41. The smallest absolute Gasteiger partial charge is 0.329 e. The summed E-state index contributed by atoms with van der Waals surface area (Å²) in [4.78, 5) is 11.0. The predicted octanol–water partition coefficient (Wildman–Crippen LogP) is 0.788. The van der Waals surface area contributed by atoms with E-state index in [1.807, 2.05) is 0 Å². The van der Waals surface area contributed by atoms with Gasteiger partial charge >= 0.3 is 5.97 Å². The van der Waals surface area contributed by atoms with Gasteiger partial charge in [-0.1, -0.05) is 18.2 Å². The number of carbonyl (C=O) groups excluding carboxylic acids is 1. The zero-order chi connectivity index (χ0) is 11.5. The first-order chi connectivity index (χ1) is 6.88. The summed E-state index contributed by atoms with van der Waals surface area (Å²) >= 11 is 0. The Kier molecular flexibility index (Phi) is 3.43. The number of benzene rings is 1. The number of hydrogen-bond donors (Lipinski definition) is 1. The van der Waals surface area contributed by atoms with Gasteiger partial charge in [-0.05, 0) is 18.6 Å². The third-order valence-corrected chi connectivity index (χ3v) is 2.22. The van der Waals surface area contributed by atoms with Crippen LogP contribution in [0.1, 0.15) is 5.56 Å². The molecule has 1 N–H and O–H groups in total. The molecule has 0 atom stereocenters. The van der Waals surface area contributed by atoms with Gasteiger partial charge in [0.1, 0.15) is 5.75 Å². The van der Waals surface area contributed by atoms with Crippen LogP contribution in [0.2, 0.25) is 0 Å². The normalized spacial score (nSPS) is 11.1. The molecule has 0 aliphatic heterocycles. The number of esters is 1. The second-order valence-electron chi connectivity index (χ2n) is 2.97. The van der Waals surface area contributed by atoms with Crippen molar-refractivity contribution in [2.24, 2.45) is 0 Å². The van der Waals surface area contributed by atoms with Crippen molar-refractivity contribution >= 4 is 16.1 Å². The molecule has 1 rings (SSSR count). The van der Waals surface area contributed by atoms with Gasteiger partial charge in [0.2, 0.25) is 0 Å². The predicted molar refractivity (Wildman–Crippen MR) is 53.2 cm³/mol. The summed E-state index contributed by atoms with van der Waals surface area (Å²) in [5.41, 5.74) is 0.709. The number of aryl methyl sites for hydroxylation is 1. The summed E-state index contributed by atoms with van der Waals surface area (Å²) in [6.45, 7) is 1.72. The Bertz CT molecular complexity index is 463. The van der Waals surface area contributed by atoms with Crippen LogP contribution >= 0.6 is 0 Å². The lowest BCUT2D eigenvalue weighted by molar-refractivity contribution is -0.131. The molecule has 0 aliphatic carbocycles. The van der Waals surface area contributed by atoms with Crippen molar-refractivity contribution in [1.29, 1.82) is 0 Å². The van der Waals surface area contributed by atoms with Gasteiger partial charge in [-0.15, -0.1) is 0 Å². The highest BCUT2D eigenvalue weighted by atomic mass is 32.2. The van der Waals surface area contributed by atoms with Gasteiger partial charge in [-0.25, -0.2) is 0 Å². The maximum absolute atomic E-state index is 11.0. The summed E-state index contributed by atoms with van der Waals surface area (Å²) in [7, 11) is -4.33. The van der Waals surface area contributed by atoms with E-state index in [1.165, 1.54) is 6.07 Å². The third kappa shape index (κ3) is 4.09. The van der Waals surface area contributed by atoms with Crippen molar-refractivity contribution in [1.82, 2.24) is 0 Å². The summed E-state index contributed by atoms with van der Waals surface area (Å²) in [5.74, 6) is -1.76. The van der Waals surface area contributed by atoms with Crippen molar-refractivity contribution in [3.63, 3.8) is 0 Å². The molecule has 0 aromatic heterocycles. The molecule has 6 heteroatoms. The van der Waals surface area contributed by atoms with Crippen LogP contribution in [0.25, 0.3) is 0 Å². The van der Waals surface area contributed by atoms with Crippen LogP contribution in [0, 0.1) is 6.92 Å². The maximum Gasteiger partial charge on any atom is 0.329 e. The maximum atomic E-state index is 11.0. The number of hydrogen-bond acceptors (Lipinski definition) is 4. The van der Waals surface area contributed by atoms with Crippen LogP contribution in [-0.4, -0.2) is 24.7 Å². The Balaban J connectivity index is 2.72. The van der Waals surface area contributed by atoms with E-state index in [4.69, 9.17) is 9.29 Å². The van der Waals surface area contributed by atoms with E-state index >= 15 is 0 Å². The van der Waals surface area contributed by atoms with Crippen LogP contribution in [0.3, 0.4) is 0 Å². The molecular weight excluding hydrogens is 220 g/mol. The molecule has 15 heavy (non-hydrogen) atoms. The van der Waals surface area contributed by atoms with Crippen molar-refractivity contribution in [2.45, 2.75) is 6.92 Å². The first-order valence-electron chi connectivity index (χ1n) is 4.10. The SMILES string of the molecule is Cc1ccccc1OC(=O)CS(=O)(=O)O. The van der Waals surface area contributed by atoms with Crippen molar-refractivity contribution in [2.75, 3.05) is 5.75 Å². The number of carbonyl (C=O) groups is 1. The molecule has 0 amide bonds. The first-order valence-corrected chi connectivity index (χ1v) is 5.71. The standard InChI is InChI=1S/C9H10O5S/c1-7-4-2-3-5-8(7)14-9(10)6-15(11,12)13/h2-5H,6H2,1H3,(H,11,12,13). The molecule has 0 radical (unpaired) electrons. The molecule has 0 fully saturated rings. The lowest BCUT2D eigenvalue weighted by Gasteiger charge is -2.05. The highest BCUT2D eigenvalue weighted by molar-refractivity contribution is 7.86. The zero-order valence-electron chi connectivity index (χ0n) is 8.00. The van der Waals surface area contributed by atoms with Gasteiger partial charge in [-0.3, -0.25) is 9.35 Å². The fourth-order valence-electron chi connectivity index (χ4n) is 0.972. The highest BCUT2D eigenvalue weighted by Gasteiger charge is 2.15. The Hall–Kier alpha value is -1.40. The highest BCUT2D eigenvalue weighted by Crippen LogP contribution is 2.16. The molecule has 0 saturated heterocycles. The Morgan fingerprint density at radius 2 is 2.00 bits per heavy atom. The Labute approximate surface area is 87.4 Å². The van der Waals surface area contributed by atoms with Gasteiger partial charge in [0.05, 0.1) is 0 Å². The minimum Gasteiger partial charge on any atom is -0.425 e. The van der Waals surface area contributed by atoms with Gasteiger partial charge < -0.3 is 4.74 Å². The lowest BCUT2D eigenvalue weighted by Crippen LogP contribution is -2.20. The molecule has 0 saturated carbocycles. The molecule has 5 nitrogen and oxygen atoms in total. The molecular formula is C9H10O5S. The summed E-state index contributed by atoms with van der Waals surface area (Å²) < 4.78 is 33.9. The fraction of sp³-hybridized carbons (Fsp3) is 0.222. The van der Waals surface area contributed by atoms with E-state index in [0.29, 0.717) is 5.56 Å². The molecule has 0 unspecified atom stereocenters. The van der Waals surface area contributed by atoms with Crippen molar-refractivity contribution in [3.8, 4) is 5.75 Å². The van der Waals surface area contributed by atoms with Crippen LogP contribution in [0.15, 0.2) is 24.3 Å². The molecule has 0 heterocycles. The van der Waals surface area contributed by atoms with E-state index in [-0.39, 0.29) is 5.75 Å². The quantitative estimate of drug-likeness (QED) is 0.471. The molecule has 82 valence electrons. The molecule has 1 aromatic rings. The first kappa shape index (κ1) is 11.7. The van der Waals surface area contributed by atoms with E-state index in [1.54, 1.807) is 25.1 Å². The van der Waals surface area contributed by atoms with E-state index < -0.39 is 21.8 Å². The van der Waals surface area contributed by atoms with E-state index in [2.05, 4.69) is 0 Å². The lowest BCUT2D eigenvalue weighted by atomic mass is 10.2. The molecule has 0 bridgehead atoms. The molecule has 0 spiro atoms. The van der Waals surface area contributed by atoms with Crippen molar-refractivity contribution < 1.29 is 22.5 Å². The van der Waals surface area contributed by atoms with Gasteiger partial charge in [0, 0.05) is 0 Å². The number of rotatable bonds is 3. The van der Waals surface area contributed by atoms with Gasteiger partial charge in [-0.2, -0.15) is 8.42 Å². The average molecular weight is 230 g/mol. The minimum absolute atomic E-state index is 0.283. The Morgan fingerprint density at radius 3 is 2.53 bits per heavy atom. The van der Waals surface area contributed by atoms with E-state index in [9.17, 15) is 13.2 Å². The van der Waals surface area contributed by atoms with Crippen molar-refractivity contribution in [3.05, 3.63) is 29.8 Å². The number of ether oxygens (including phenoxy) is 1. The number of para-hydroxylation sites is 1. The van der Waals surface area contributed by atoms with Gasteiger partial charge in [0.15, 0.2) is 5.75 Å².